The van der Waals surface area contributed by atoms with Gasteiger partial charge in [0, 0.05) is 25.2 Å². The second kappa shape index (κ2) is 5.74. The molecule has 0 radical (unpaired) electrons. The van der Waals surface area contributed by atoms with Gasteiger partial charge < -0.3 is 5.32 Å². The van der Waals surface area contributed by atoms with E-state index < -0.39 is 0 Å². The first-order chi connectivity index (χ1) is 8.52. The SMILES string of the molecule is CNC1(C)CCN(Cc2nc(Cl)ccc2Cl)CC1. The van der Waals surface area contributed by atoms with Crippen molar-refractivity contribution in [3.63, 3.8) is 0 Å². The molecule has 0 bridgehead atoms. The number of likely N-dealkylation sites (tertiary alicyclic amines) is 1. The Morgan fingerprint density at radius 3 is 2.61 bits per heavy atom. The fraction of sp³-hybridized carbons (Fsp3) is 0.615. The van der Waals surface area contributed by atoms with Gasteiger partial charge in [0.25, 0.3) is 0 Å². The molecule has 0 saturated carbocycles. The van der Waals surface area contributed by atoms with Crippen LogP contribution in [0, 0.1) is 0 Å². The summed E-state index contributed by atoms with van der Waals surface area (Å²) in [6.07, 6.45) is 2.28. The quantitative estimate of drug-likeness (QED) is 0.867. The van der Waals surface area contributed by atoms with Gasteiger partial charge in [0.2, 0.25) is 0 Å². The first-order valence-corrected chi connectivity index (χ1v) is 7.00. The average molecular weight is 288 g/mol. The van der Waals surface area contributed by atoms with Crippen LogP contribution in [0.3, 0.4) is 0 Å². The molecule has 100 valence electrons. The molecule has 2 rings (SSSR count). The molecule has 1 N–H and O–H groups in total. The topological polar surface area (TPSA) is 28.2 Å². The lowest BCUT2D eigenvalue weighted by Crippen LogP contribution is -2.49. The minimum Gasteiger partial charge on any atom is -0.314 e. The summed E-state index contributed by atoms with van der Waals surface area (Å²) < 4.78 is 0. The Morgan fingerprint density at radius 1 is 1.33 bits per heavy atom. The van der Waals surface area contributed by atoms with Crippen LogP contribution in [0.25, 0.3) is 0 Å². The highest BCUT2D eigenvalue weighted by Gasteiger charge is 2.28. The zero-order valence-corrected chi connectivity index (χ0v) is 12.4. The Bertz CT molecular complexity index is 415. The molecule has 1 aliphatic heterocycles. The van der Waals surface area contributed by atoms with Crippen molar-refractivity contribution < 1.29 is 0 Å². The maximum atomic E-state index is 6.14. The standard InChI is InChI=1S/C13H19Cl2N3/c1-13(16-2)5-7-18(8-6-13)9-11-10(14)3-4-12(15)17-11/h3-4,16H,5-9H2,1-2H3. The number of hydrogen-bond acceptors (Lipinski definition) is 3. The van der Waals surface area contributed by atoms with Crippen LogP contribution < -0.4 is 5.32 Å². The molecule has 1 saturated heterocycles. The van der Waals surface area contributed by atoms with Crippen molar-refractivity contribution in [2.75, 3.05) is 20.1 Å². The molecule has 0 amide bonds. The number of pyridine rings is 1. The molecule has 3 nitrogen and oxygen atoms in total. The van der Waals surface area contributed by atoms with Crippen molar-refractivity contribution in [2.24, 2.45) is 0 Å². The van der Waals surface area contributed by atoms with Gasteiger partial charge in [-0.05, 0) is 38.9 Å². The second-order valence-electron chi connectivity index (χ2n) is 5.15. The fourth-order valence-corrected chi connectivity index (χ4v) is 2.57. The van der Waals surface area contributed by atoms with Crippen molar-refractivity contribution in [3.05, 3.63) is 28.0 Å². The van der Waals surface area contributed by atoms with Crippen LogP contribution in [0.2, 0.25) is 10.2 Å². The van der Waals surface area contributed by atoms with E-state index in [1.54, 1.807) is 6.07 Å². The lowest BCUT2D eigenvalue weighted by atomic mass is 9.90. The Kier molecular flexibility index (Phi) is 4.49. The molecule has 2 heterocycles. The molecule has 1 fully saturated rings. The summed E-state index contributed by atoms with van der Waals surface area (Å²) in [5, 5.41) is 4.60. The second-order valence-corrected chi connectivity index (χ2v) is 5.94. The normalized spacial score (nSPS) is 20.0. The number of halogens is 2. The molecule has 0 aliphatic carbocycles. The summed E-state index contributed by atoms with van der Waals surface area (Å²) in [5.74, 6) is 0. The molecule has 0 unspecified atom stereocenters. The van der Waals surface area contributed by atoms with Crippen LogP contribution in [0.4, 0.5) is 0 Å². The highest BCUT2D eigenvalue weighted by atomic mass is 35.5. The van der Waals surface area contributed by atoms with E-state index in [1.165, 1.54) is 0 Å². The summed E-state index contributed by atoms with van der Waals surface area (Å²) in [6, 6.07) is 3.54. The van der Waals surface area contributed by atoms with Gasteiger partial charge in [-0.1, -0.05) is 23.2 Å². The van der Waals surface area contributed by atoms with Gasteiger partial charge in [0.1, 0.15) is 5.15 Å². The predicted molar refractivity (Wildman–Crippen MR) is 76.2 cm³/mol. The highest BCUT2D eigenvalue weighted by Crippen LogP contribution is 2.24. The maximum absolute atomic E-state index is 6.14. The monoisotopic (exact) mass is 287 g/mol. The largest absolute Gasteiger partial charge is 0.314 e. The zero-order valence-electron chi connectivity index (χ0n) is 10.8. The third-order valence-electron chi connectivity index (χ3n) is 3.82. The molecule has 0 aromatic carbocycles. The molecule has 18 heavy (non-hydrogen) atoms. The molecule has 0 atom stereocenters. The Hall–Kier alpha value is -0.350. The number of rotatable bonds is 3. The zero-order chi connectivity index (χ0) is 13.2. The smallest absolute Gasteiger partial charge is 0.129 e. The van der Waals surface area contributed by atoms with Gasteiger partial charge in [-0.25, -0.2) is 4.98 Å². The number of nitrogens with one attached hydrogen (secondary N) is 1. The van der Waals surface area contributed by atoms with Crippen LogP contribution in [0.1, 0.15) is 25.5 Å². The Morgan fingerprint density at radius 2 is 2.00 bits per heavy atom. The lowest BCUT2D eigenvalue weighted by molar-refractivity contribution is 0.145. The minimum absolute atomic E-state index is 0.266. The number of hydrogen-bond donors (Lipinski definition) is 1. The summed E-state index contributed by atoms with van der Waals surface area (Å²) >= 11 is 12.0. The molecular weight excluding hydrogens is 269 g/mol. The van der Waals surface area contributed by atoms with E-state index in [0.29, 0.717) is 10.2 Å². The molecular formula is C13H19Cl2N3. The Labute approximate surface area is 118 Å². The van der Waals surface area contributed by atoms with E-state index in [0.717, 1.165) is 38.2 Å². The lowest BCUT2D eigenvalue weighted by Gasteiger charge is -2.39. The van der Waals surface area contributed by atoms with Gasteiger partial charge in [0.05, 0.1) is 10.7 Å². The van der Waals surface area contributed by atoms with Crippen LogP contribution in [-0.4, -0.2) is 35.6 Å². The van der Waals surface area contributed by atoms with Gasteiger partial charge in [-0.3, -0.25) is 4.90 Å². The van der Waals surface area contributed by atoms with Gasteiger partial charge in [0.15, 0.2) is 0 Å². The Balaban J connectivity index is 1.97. The average Bonchev–Trinajstić information content (AvgIpc) is 2.37. The first-order valence-electron chi connectivity index (χ1n) is 6.25. The van der Waals surface area contributed by atoms with E-state index in [9.17, 15) is 0 Å². The van der Waals surface area contributed by atoms with Gasteiger partial charge >= 0.3 is 0 Å². The highest BCUT2D eigenvalue weighted by molar-refractivity contribution is 6.32. The molecule has 1 aromatic rings. The van der Waals surface area contributed by atoms with Crippen molar-refractivity contribution in [3.8, 4) is 0 Å². The van der Waals surface area contributed by atoms with E-state index in [4.69, 9.17) is 23.2 Å². The van der Waals surface area contributed by atoms with E-state index in [1.807, 2.05) is 13.1 Å². The van der Waals surface area contributed by atoms with Crippen LogP contribution in [0.5, 0.6) is 0 Å². The first kappa shape index (κ1) is 14.1. The molecule has 0 spiro atoms. The summed E-state index contributed by atoms with van der Waals surface area (Å²) in [6.45, 7) is 5.16. The third-order valence-corrected chi connectivity index (χ3v) is 4.38. The minimum atomic E-state index is 0.266. The van der Waals surface area contributed by atoms with Crippen LogP contribution >= 0.6 is 23.2 Å². The van der Waals surface area contributed by atoms with E-state index >= 15 is 0 Å². The molecule has 1 aliphatic rings. The van der Waals surface area contributed by atoms with Crippen molar-refractivity contribution in [1.29, 1.82) is 0 Å². The van der Waals surface area contributed by atoms with Gasteiger partial charge in [-0.2, -0.15) is 0 Å². The summed E-state index contributed by atoms with van der Waals surface area (Å²) in [7, 11) is 2.03. The number of aromatic nitrogens is 1. The van der Waals surface area contributed by atoms with Crippen LogP contribution in [0.15, 0.2) is 12.1 Å². The summed E-state index contributed by atoms with van der Waals surface area (Å²) in [5.41, 5.74) is 1.14. The van der Waals surface area contributed by atoms with E-state index in [2.05, 4.69) is 22.1 Å². The van der Waals surface area contributed by atoms with E-state index in [-0.39, 0.29) is 5.54 Å². The van der Waals surface area contributed by atoms with Crippen LogP contribution in [-0.2, 0) is 6.54 Å². The number of piperidine rings is 1. The van der Waals surface area contributed by atoms with Crippen molar-refractivity contribution >= 4 is 23.2 Å². The van der Waals surface area contributed by atoms with Crippen molar-refractivity contribution in [1.82, 2.24) is 15.2 Å². The van der Waals surface area contributed by atoms with Crippen molar-refractivity contribution in [2.45, 2.75) is 31.8 Å². The molecule has 5 heteroatoms. The fourth-order valence-electron chi connectivity index (χ4n) is 2.24. The number of nitrogens with zero attached hydrogens (tertiary/aromatic N) is 2. The third kappa shape index (κ3) is 3.35. The predicted octanol–water partition coefficient (Wildman–Crippen LogP) is 2.96. The molecule has 1 aromatic heterocycles. The van der Waals surface area contributed by atoms with Gasteiger partial charge in [-0.15, -0.1) is 0 Å². The summed E-state index contributed by atoms with van der Waals surface area (Å²) in [4.78, 5) is 6.68. The maximum Gasteiger partial charge on any atom is 0.129 e.